The zero-order chi connectivity index (χ0) is 24.5. The maximum Gasteiger partial charge on any atom is 0.248 e. The van der Waals surface area contributed by atoms with Gasteiger partial charge in [0.1, 0.15) is 17.0 Å². The number of carbonyl (C=O) groups excluding carboxylic acids is 1. The van der Waals surface area contributed by atoms with Crippen LogP contribution in [0.5, 0.6) is 0 Å². The summed E-state index contributed by atoms with van der Waals surface area (Å²) in [4.78, 5) is 17.0. The molecule has 5 nitrogen and oxygen atoms in total. The molecule has 0 radical (unpaired) electrons. The number of halogens is 4. The van der Waals surface area contributed by atoms with Gasteiger partial charge >= 0.3 is 0 Å². The van der Waals surface area contributed by atoms with Crippen molar-refractivity contribution < 1.29 is 13.6 Å². The Bertz CT molecular complexity index is 1590. The molecule has 0 unspecified atom stereocenters. The molecule has 0 aliphatic heterocycles. The summed E-state index contributed by atoms with van der Waals surface area (Å²) in [5, 5.41) is 4.36. The van der Waals surface area contributed by atoms with E-state index in [9.17, 15) is 4.79 Å². The van der Waals surface area contributed by atoms with Crippen LogP contribution in [0.4, 0.5) is 5.69 Å². The Balaban J connectivity index is 1.30. The van der Waals surface area contributed by atoms with Crippen molar-refractivity contribution in [2.24, 2.45) is 0 Å². The van der Waals surface area contributed by atoms with Gasteiger partial charge in [-0.25, -0.2) is 4.98 Å². The minimum Gasteiger partial charge on any atom is -0.457 e. The molecule has 5 rings (SSSR count). The molecule has 0 spiro atoms. The SMILES string of the molecule is O=C(/C=C/c1ccc(-c2cc(Cl)cc(Cl)c2)o1)Nc1ccc2oc(-c3cc(Br)ccc3Cl)nc2c1. The number of oxazole rings is 1. The monoisotopic (exact) mass is 586 g/mol. The molecule has 0 fully saturated rings. The zero-order valence-corrected chi connectivity index (χ0v) is 21.5. The second kappa shape index (κ2) is 9.91. The number of anilines is 1. The maximum atomic E-state index is 12.5. The fourth-order valence-corrected chi connectivity index (χ4v) is 4.50. The third-order valence-electron chi connectivity index (χ3n) is 4.99. The standard InChI is InChI=1S/C26H14BrCl3N2O3/c27-15-1-5-21(30)20(11-15)26-32-22-13-18(2-6-24(22)35-26)31-25(33)8-4-19-3-7-23(34-19)14-9-16(28)12-17(29)10-14/h1-13H,(H,31,33)/b8-4+. The van der Waals surface area contributed by atoms with Crippen LogP contribution in [-0.2, 0) is 4.79 Å². The van der Waals surface area contributed by atoms with Crippen LogP contribution in [-0.4, -0.2) is 10.9 Å². The average molecular weight is 589 g/mol. The molecule has 0 aliphatic rings. The molecule has 0 atom stereocenters. The van der Waals surface area contributed by atoms with Crippen molar-refractivity contribution in [3.63, 3.8) is 0 Å². The summed E-state index contributed by atoms with van der Waals surface area (Å²) in [5.74, 6) is 1.16. The van der Waals surface area contributed by atoms with Gasteiger partial charge in [-0.1, -0.05) is 50.7 Å². The highest BCUT2D eigenvalue weighted by Crippen LogP contribution is 2.33. The second-order valence-electron chi connectivity index (χ2n) is 7.51. The van der Waals surface area contributed by atoms with E-state index >= 15 is 0 Å². The van der Waals surface area contributed by atoms with E-state index in [0.29, 0.717) is 54.8 Å². The largest absolute Gasteiger partial charge is 0.457 e. The fourth-order valence-electron chi connectivity index (χ4n) is 3.42. The maximum absolute atomic E-state index is 12.5. The molecule has 0 bridgehead atoms. The van der Waals surface area contributed by atoms with E-state index in [1.807, 2.05) is 12.1 Å². The first-order valence-corrected chi connectivity index (χ1v) is 12.2. The molecule has 9 heteroatoms. The summed E-state index contributed by atoms with van der Waals surface area (Å²) in [6.45, 7) is 0. The summed E-state index contributed by atoms with van der Waals surface area (Å²) in [6.07, 6.45) is 2.96. The molecular weight excluding hydrogens is 575 g/mol. The Morgan fingerprint density at radius 2 is 1.71 bits per heavy atom. The van der Waals surface area contributed by atoms with Crippen LogP contribution in [0.1, 0.15) is 5.76 Å². The minimum absolute atomic E-state index is 0.327. The summed E-state index contributed by atoms with van der Waals surface area (Å²) >= 11 is 21.8. The summed E-state index contributed by atoms with van der Waals surface area (Å²) < 4.78 is 12.5. The molecule has 0 saturated carbocycles. The number of nitrogens with zero attached hydrogens (tertiary/aromatic N) is 1. The van der Waals surface area contributed by atoms with Gasteiger partial charge < -0.3 is 14.2 Å². The predicted octanol–water partition coefficient (Wildman–Crippen LogP) is 9.13. The number of rotatable bonds is 5. The van der Waals surface area contributed by atoms with Crippen LogP contribution >= 0.6 is 50.7 Å². The van der Waals surface area contributed by atoms with Gasteiger partial charge in [0.15, 0.2) is 5.58 Å². The Hall–Kier alpha value is -3.03. The van der Waals surface area contributed by atoms with Gasteiger partial charge in [-0.15, -0.1) is 0 Å². The lowest BCUT2D eigenvalue weighted by molar-refractivity contribution is -0.111. The van der Waals surface area contributed by atoms with Crippen molar-refractivity contribution in [3.8, 4) is 22.8 Å². The first-order chi connectivity index (χ1) is 16.8. The zero-order valence-electron chi connectivity index (χ0n) is 17.7. The molecular formula is C26H14BrCl3N2O3. The molecule has 1 amide bonds. The van der Waals surface area contributed by atoms with Crippen molar-refractivity contribution >= 4 is 79.5 Å². The van der Waals surface area contributed by atoms with E-state index < -0.39 is 0 Å². The lowest BCUT2D eigenvalue weighted by Crippen LogP contribution is -2.07. The van der Waals surface area contributed by atoms with Crippen molar-refractivity contribution in [3.05, 3.63) is 98.1 Å². The number of aromatic nitrogens is 1. The topological polar surface area (TPSA) is 68.3 Å². The Morgan fingerprint density at radius 1 is 0.914 bits per heavy atom. The van der Waals surface area contributed by atoms with E-state index in [1.54, 1.807) is 60.7 Å². The van der Waals surface area contributed by atoms with E-state index in [-0.39, 0.29) is 5.91 Å². The van der Waals surface area contributed by atoms with Gasteiger partial charge in [-0.05, 0) is 72.8 Å². The van der Waals surface area contributed by atoms with Crippen molar-refractivity contribution in [1.29, 1.82) is 0 Å². The average Bonchev–Trinajstić information content (AvgIpc) is 3.45. The van der Waals surface area contributed by atoms with Gasteiger partial charge in [0, 0.05) is 31.8 Å². The van der Waals surface area contributed by atoms with Gasteiger partial charge in [0.2, 0.25) is 11.8 Å². The van der Waals surface area contributed by atoms with Gasteiger partial charge in [-0.2, -0.15) is 0 Å². The highest BCUT2D eigenvalue weighted by atomic mass is 79.9. The third-order valence-corrected chi connectivity index (χ3v) is 6.25. The Kier molecular flexibility index (Phi) is 6.71. The van der Waals surface area contributed by atoms with Gasteiger partial charge in [0.25, 0.3) is 0 Å². The van der Waals surface area contributed by atoms with Crippen LogP contribution < -0.4 is 5.32 Å². The molecule has 1 N–H and O–H groups in total. The first-order valence-electron chi connectivity index (χ1n) is 10.3. The second-order valence-corrected chi connectivity index (χ2v) is 9.70. The third kappa shape index (κ3) is 5.46. The molecule has 0 saturated heterocycles. The smallest absolute Gasteiger partial charge is 0.248 e. The number of furan rings is 1. The van der Waals surface area contributed by atoms with Crippen LogP contribution in [0.3, 0.4) is 0 Å². The van der Waals surface area contributed by atoms with Gasteiger partial charge in [-0.3, -0.25) is 4.79 Å². The number of fused-ring (bicyclic) bond motifs is 1. The van der Waals surface area contributed by atoms with Crippen molar-refractivity contribution in [1.82, 2.24) is 4.98 Å². The molecule has 0 aliphatic carbocycles. The molecule has 5 aromatic rings. The van der Waals surface area contributed by atoms with Crippen molar-refractivity contribution in [2.45, 2.75) is 0 Å². The molecule has 174 valence electrons. The van der Waals surface area contributed by atoms with Crippen LogP contribution in [0.25, 0.3) is 40.0 Å². The lowest BCUT2D eigenvalue weighted by atomic mass is 10.2. The summed E-state index contributed by atoms with van der Waals surface area (Å²) in [5.41, 5.74) is 3.16. The lowest BCUT2D eigenvalue weighted by Gasteiger charge is -2.01. The molecule has 2 aromatic heterocycles. The highest BCUT2D eigenvalue weighted by molar-refractivity contribution is 9.10. The molecule has 2 heterocycles. The van der Waals surface area contributed by atoms with E-state index in [0.717, 1.165) is 10.0 Å². The van der Waals surface area contributed by atoms with E-state index in [4.69, 9.17) is 43.6 Å². The van der Waals surface area contributed by atoms with E-state index in [2.05, 4.69) is 26.2 Å². The first kappa shape index (κ1) is 23.7. The fraction of sp³-hybridized carbons (Fsp3) is 0. The van der Waals surface area contributed by atoms with Gasteiger partial charge in [0.05, 0.1) is 10.6 Å². The molecule has 3 aromatic carbocycles. The van der Waals surface area contributed by atoms with Crippen LogP contribution in [0.15, 0.2) is 86.1 Å². The van der Waals surface area contributed by atoms with Crippen LogP contribution in [0.2, 0.25) is 15.1 Å². The number of hydrogen-bond acceptors (Lipinski definition) is 4. The number of carbonyl (C=O) groups is 1. The van der Waals surface area contributed by atoms with E-state index in [1.165, 1.54) is 6.08 Å². The minimum atomic E-state index is -0.327. The Morgan fingerprint density at radius 3 is 2.51 bits per heavy atom. The number of hydrogen-bond donors (Lipinski definition) is 1. The summed E-state index contributed by atoms with van der Waals surface area (Å²) in [6, 6.07) is 19.3. The Labute approximate surface area is 223 Å². The van der Waals surface area contributed by atoms with Crippen LogP contribution in [0, 0.1) is 0 Å². The van der Waals surface area contributed by atoms with Crippen molar-refractivity contribution in [2.75, 3.05) is 5.32 Å². The predicted molar refractivity (Wildman–Crippen MR) is 144 cm³/mol. The highest BCUT2D eigenvalue weighted by Gasteiger charge is 2.13. The quantitative estimate of drug-likeness (QED) is 0.208. The normalized spacial score (nSPS) is 11.4. The number of nitrogens with one attached hydrogen (secondary N) is 1. The number of amides is 1. The molecule has 35 heavy (non-hydrogen) atoms. The summed E-state index contributed by atoms with van der Waals surface area (Å²) in [7, 11) is 0. The number of benzene rings is 3.